The van der Waals surface area contributed by atoms with Crippen molar-refractivity contribution in [3.8, 4) is 0 Å². The molecule has 0 aliphatic heterocycles. The lowest BCUT2D eigenvalue weighted by molar-refractivity contribution is -0.697. The molecule has 0 aliphatic carbocycles. The van der Waals surface area contributed by atoms with Gasteiger partial charge in [0.25, 0.3) is 0 Å². The first-order valence-electron chi connectivity index (χ1n) is 6.86. The summed E-state index contributed by atoms with van der Waals surface area (Å²) in [6.07, 6.45) is 9.62. The summed E-state index contributed by atoms with van der Waals surface area (Å²) in [5.41, 5.74) is 0. The van der Waals surface area contributed by atoms with E-state index in [1.807, 2.05) is 0 Å². The van der Waals surface area contributed by atoms with E-state index in [-0.39, 0.29) is 0 Å². The van der Waals surface area contributed by atoms with Crippen LogP contribution in [0.2, 0.25) is 0 Å². The van der Waals surface area contributed by atoms with Crippen molar-refractivity contribution in [1.82, 2.24) is 0 Å². The highest BCUT2D eigenvalue weighted by molar-refractivity contribution is 7.78. The number of pyridine rings is 1. The first-order chi connectivity index (χ1) is 10.4. The molecule has 0 atom stereocenters. The molecule has 0 aliphatic rings. The highest BCUT2D eigenvalue weighted by atomic mass is 35.5. The number of nitrogens with zero attached hydrogens (tertiary/aromatic N) is 1. The first-order valence-corrected chi connectivity index (χ1v) is 10.8. The van der Waals surface area contributed by atoms with E-state index in [0.717, 1.165) is 0 Å². The Kier molecular flexibility index (Phi) is 10.1. The molecule has 1 rings (SSSR count). The summed E-state index contributed by atoms with van der Waals surface area (Å²) in [4.78, 5) is 32.9. The maximum Gasteiger partial charge on any atom is 0.373 e. The van der Waals surface area contributed by atoms with E-state index in [1.165, 1.54) is 32.2 Å². The van der Waals surface area contributed by atoms with Crippen molar-refractivity contribution in [2.75, 3.05) is 0 Å². The molecule has 23 heavy (non-hydrogen) atoms. The molecule has 1 aromatic rings. The molecule has 0 aromatic carbocycles. The molecule has 0 spiro atoms. The van der Waals surface area contributed by atoms with E-state index in [1.54, 1.807) is 0 Å². The average Bonchev–Trinajstić information content (AvgIpc) is 2.43. The summed E-state index contributed by atoms with van der Waals surface area (Å²) in [6, 6.07) is 6.22. The Labute approximate surface area is 145 Å². The summed E-state index contributed by atoms with van der Waals surface area (Å²) >= 11 is 9.46. The van der Waals surface area contributed by atoms with E-state index in [0.29, 0.717) is 0 Å². The minimum Gasteiger partial charge on any atom is -0.322 e. The van der Waals surface area contributed by atoms with Crippen molar-refractivity contribution < 1.29 is 33.3 Å². The minimum absolute atomic E-state index is 1.17. The Morgan fingerprint density at radius 1 is 0.913 bits per heavy atom. The molecular weight excluding hydrogens is 387 g/mol. The standard InChI is InChI=1S/C11H18N.CH4Cl2O6P2/c1-2-3-4-6-9-12-10-7-5-8-11-12;2-1(3,10(4,5)6)11(7,8)9/h5,7-8,10-11H,2-4,6,9H2,1H3;(H2,4,5,6)(H2,7,8,9)/q+1;. The third-order valence-corrected chi connectivity index (χ3v) is 8.36. The highest BCUT2D eigenvalue weighted by Crippen LogP contribution is 2.73. The molecule has 0 saturated heterocycles. The van der Waals surface area contributed by atoms with Gasteiger partial charge in [0.1, 0.15) is 6.54 Å². The number of unbranched alkanes of at least 4 members (excludes halogenated alkanes) is 3. The van der Waals surface area contributed by atoms with Gasteiger partial charge in [0.2, 0.25) is 0 Å². The van der Waals surface area contributed by atoms with E-state index >= 15 is 0 Å². The van der Waals surface area contributed by atoms with Crippen molar-refractivity contribution in [3.63, 3.8) is 0 Å². The molecule has 4 N–H and O–H groups in total. The molecule has 7 nitrogen and oxygen atoms in total. The topological polar surface area (TPSA) is 119 Å². The molecule has 11 heteroatoms. The van der Waals surface area contributed by atoms with Gasteiger partial charge in [-0.3, -0.25) is 9.13 Å². The van der Waals surface area contributed by atoms with Crippen LogP contribution < -0.4 is 4.57 Å². The predicted molar refractivity (Wildman–Crippen MR) is 89.3 cm³/mol. The van der Waals surface area contributed by atoms with Gasteiger partial charge in [-0.25, -0.2) is 4.57 Å². The van der Waals surface area contributed by atoms with Crippen molar-refractivity contribution in [3.05, 3.63) is 30.6 Å². The highest BCUT2D eigenvalue weighted by Gasteiger charge is 2.58. The van der Waals surface area contributed by atoms with Crippen LogP contribution in [0.4, 0.5) is 0 Å². The molecule has 0 unspecified atom stereocenters. The number of aromatic nitrogens is 1. The van der Waals surface area contributed by atoms with Crippen LogP contribution in [0.1, 0.15) is 32.6 Å². The fourth-order valence-corrected chi connectivity index (χ4v) is 2.83. The second-order valence-electron chi connectivity index (χ2n) is 4.77. The lowest BCUT2D eigenvalue weighted by Gasteiger charge is -2.20. The molecule has 0 amide bonds. The monoisotopic (exact) mass is 408 g/mol. The number of alkyl halides is 2. The molecule has 0 fully saturated rings. The number of aryl methyl sites for hydroxylation is 1. The quantitative estimate of drug-likeness (QED) is 0.238. The zero-order valence-electron chi connectivity index (χ0n) is 12.6. The fourth-order valence-electron chi connectivity index (χ4n) is 1.47. The summed E-state index contributed by atoms with van der Waals surface area (Å²) in [6.45, 7) is 3.41. The molecule has 134 valence electrons. The van der Waals surface area contributed by atoms with E-state index in [4.69, 9.17) is 42.8 Å². The molecule has 0 bridgehead atoms. The lowest BCUT2D eigenvalue weighted by Crippen LogP contribution is -2.32. The average molecular weight is 409 g/mol. The maximum absolute atomic E-state index is 10.2. The van der Waals surface area contributed by atoms with Gasteiger partial charge in [0, 0.05) is 18.6 Å². The SMILES string of the molecule is CCCCCC[n+]1ccccc1.O=P(O)(O)C(Cl)(Cl)P(=O)(O)O. The van der Waals surface area contributed by atoms with Gasteiger partial charge in [0.05, 0.1) is 0 Å². The van der Waals surface area contributed by atoms with Crippen LogP contribution >= 0.6 is 38.4 Å². The molecule has 1 aromatic heterocycles. The van der Waals surface area contributed by atoms with E-state index in [2.05, 4.69) is 42.1 Å². The second-order valence-corrected chi connectivity index (χ2v) is 11.0. The van der Waals surface area contributed by atoms with Gasteiger partial charge in [-0.1, -0.05) is 49.0 Å². The predicted octanol–water partition coefficient (Wildman–Crippen LogP) is 2.99. The molecular formula is C12H22Cl2NO6P2+. The van der Waals surface area contributed by atoms with Crippen LogP contribution in [0.3, 0.4) is 0 Å². The zero-order chi connectivity index (χ0) is 18.1. The van der Waals surface area contributed by atoms with Crippen molar-refractivity contribution in [2.45, 2.75) is 43.0 Å². The number of hydrogen-bond acceptors (Lipinski definition) is 2. The largest absolute Gasteiger partial charge is 0.373 e. The van der Waals surface area contributed by atoms with Crippen LogP contribution in [0.5, 0.6) is 0 Å². The summed E-state index contributed by atoms with van der Waals surface area (Å²) < 4.78 is 19.4. The first kappa shape index (κ1) is 23.0. The van der Waals surface area contributed by atoms with Crippen molar-refractivity contribution >= 4 is 38.4 Å². The lowest BCUT2D eigenvalue weighted by atomic mass is 10.2. The second kappa shape index (κ2) is 10.1. The van der Waals surface area contributed by atoms with Gasteiger partial charge in [-0.2, -0.15) is 0 Å². The fraction of sp³-hybridized carbons (Fsp3) is 0.583. The Morgan fingerprint density at radius 2 is 1.39 bits per heavy atom. The normalized spacial score (nSPS) is 12.5. The van der Waals surface area contributed by atoms with Gasteiger partial charge < -0.3 is 19.6 Å². The third-order valence-electron chi connectivity index (χ3n) is 2.75. The third kappa shape index (κ3) is 8.62. The smallest absolute Gasteiger partial charge is 0.322 e. The van der Waals surface area contributed by atoms with Crippen LogP contribution in [0.25, 0.3) is 0 Å². The maximum atomic E-state index is 10.2. The molecule has 0 saturated carbocycles. The Balaban J connectivity index is 0.000000423. The summed E-state index contributed by atoms with van der Waals surface area (Å²) in [7, 11) is -10.4. The summed E-state index contributed by atoms with van der Waals surface area (Å²) in [5, 5.41) is 0. The van der Waals surface area contributed by atoms with Gasteiger partial charge in [-0.05, 0) is 6.42 Å². The number of hydrogen-bond donors (Lipinski definition) is 4. The Bertz CT molecular complexity index is 522. The van der Waals surface area contributed by atoms with Crippen molar-refractivity contribution in [2.24, 2.45) is 0 Å². The molecule has 0 radical (unpaired) electrons. The van der Waals surface area contributed by atoms with Gasteiger partial charge in [-0.15, -0.1) is 0 Å². The van der Waals surface area contributed by atoms with Crippen molar-refractivity contribution in [1.29, 1.82) is 0 Å². The Hall–Kier alpha value is 0.0300. The van der Waals surface area contributed by atoms with Crippen LogP contribution in [0, 0.1) is 0 Å². The van der Waals surface area contributed by atoms with Crippen LogP contribution in [0.15, 0.2) is 30.6 Å². The minimum atomic E-state index is -5.22. The zero-order valence-corrected chi connectivity index (χ0v) is 15.9. The Morgan fingerprint density at radius 3 is 1.74 bits per heavy atom. The van der Waals surface area contributed by atoms with Crippen LogP contribution in [-0.4, -0.2) is 23.4 Å². The van der Waals surface area contributed by atoms with Gasteiger partial charge >= 0.3 is 19.0 Å². The van der Waals surface area contributed by atoms with E-state index in [9.17, 15) is 9.13 Å². The summed E-state index contributed by atoms with van der Waals surface area (Å²) in [5.74, 6) is 0. The number of halogens is 2. The number of rotatable bonds is 7. The van der Waals surface area contributed by atoms with Crippen LogP contribution in [-0.2, 0) is 15.7 Å². The van der Waals surface area contributed by atoms with Gasteiger partial charge in [0.15, 0.2) is 12.4 Å². The molecule has 1 heterocycles. The van der Waals surface area contributed by atoms with E-state index < -0.39 is 19.0 Å².